The maximum absolute atomic E-state index is 14.8. The summed E-state index contributed by atoms with van der Waals surface area (Å²) >= 11 is 6.45. The molecule has 3 aromatic rings. The highest BCUT2D eigenvalue weighted by Crippen LogP contribution is 2.60. The summed E-state index contributed by atoms with van der Waals surface area (Å²) in [6, 6.07) is 8.87. The van der Waals surface area contributed by atoms with Crippen molar-refractivity contribution in [2.45, 2.75) is 37.4 Å². The van der Waals surface area contributed by atoms with Gasteiger partial charge in [0.25, 0.3) is 0 Å². The molecule has 3 aliphatic rings. The third kappa shape index (κ3) is 4.55. The topological polar surface area (TPSA) is 88.9 Å². The van der Waals surface area contributed by atoms with Crippen LogP contribution in [0.5, 0.6) is 11.6 Å². The van der Waals surface area contributed by atoms with Crippen LogP contribution < -0.4 is 9.47 Å². The molecule has 2 aromatic carbocycles. The van der Waals surface area contributed by atoms with Crippen molar-refractivity contribution >= 4 is 17.9 Å². The summed E-state index contributed by atoms with van der Waals surface area (Å²) < 4.78 is 40.9. The number of fused-ring (bicyclic) bond motifs is 3. The normalized spacial score (nSPS) is 26.8. The van der Waals surface area contributed by atoms with E-state index in [0.717, 1.165) is 29.9 Å². The van der Waals surface area contributed by atoms with Crippen molar-refractivity contribution in [2.24, 2.45) is 17.8 Å². The maximum Gasteiger partial charge on any atom is 0.213 e. The summed E-state index contributed by atoms with van der Waals surface area (Å²) in [7, 11) is 0. The molecule has 0 amide bonds. The van der Waals surface area contributed by atoms with E-state index in [-0.39, 0.29) is 47.1 Å². The first-order valence-electron chi connectivity index (χ1n) is 12.6. The van der Waals surface area contributed by atoms with Crippen LogP contribution in [0.1, 0.15) is 35.4 Å². The number of pyridine rings is 1. The summed E-state index contributed by atoms with van der Waals surface area (Å²) in [5.74, 6) is 0.176. The molecular formula is C29H26ClF2NO5. The van der Waals surface area contributed by atoms with Crippen LogP contribution in [0.2, 0.25) is 5.02 Å². The molecular weight excluding hydrogens is 516 g/mol. The first-order valence-corrected chi connectivity index (χ1v) is 13.0. The lowest BCUT2D eigenvalue weighted by Crippen LogP contribution is -2.48. The van der Waals surface area contributed by atoms with E-state index in [1.807, 2.05) is 6.07 Å². The molecule has 0 saturated heterocycles. The molecule has 2 saturated carbocycles. The van der Waals surface area contributed by atoms with Gasteiger partial charge in [-0.1, -0.05) is 11.6 Å². The molecule has 2 N–H and O–H groups in total. The van der Waals surface area contributed by atoms with Gasteiger partial charge in [-0.05, 0) is 72.4 Å². The predicted molar refractivity (Wildman–Crippen MR) is 135 cm³/mol. The molecule has 0 aliphatic heterocycles. The Morgan fingerprint density at radius 2 is 1.92 bits per heavy atom. The second-order valence-corrected chi connectivity index (χ2v) is 11.1. The average molecular weight is 542 g/mol. The fourth-order valence-electron chi connectivity index (χ4n) is 5.93. The number of rotatable bonds is 9. The molecule has 3 aliphatic carbocycles. The van der Waals surface area contributed by atoms with E-state index < -0.39 is 17.2 Å². The van der Waals surface area contributed by atoms with Crippen molar-refractivity contribution < 1.29 is 33.3 Å². The molecule has 2 fully saturated rings. The third-order valence-electron chi connectivity index (χ3n) is 8.06. The van der Waals surface area contributed by atoms with Crippen LogP contribution in [0.4, 0.5) is 8.78 Å². The highest BCUT2D eigenvalue weighted by Gasteiger charge is 2.55. The van der Waals surface area contributed by atoms with Gasteiger partial charge in [0.05, 0.1) is 23.8 Å². The zero-order valence-electron chi connectivity index (χ0n) is 20.4. The molecule has 0 spiro atoms. The summed E-state index contributed by atoms with van der Waals surface area (Å²) in [6.45, 7) is -0.0526. The van der Waals surface area contributed by atoms with Crippen LogP contribution in [-0.4, -0.2) is 40.3 Å². The van der Waals surface area contributed by atoms with Gasteiger partial charge in [-0.2, -0.15) is 0 Å². The van der Waals surface area contributed by atoms with Gasteiger partial charge >= 0.3 is 0 Å². The number of benzene rings is 2. The molecule has 6 nitrogen and oxygen atoms in total. The number of carbonyl (C=O) groups excluding carboxylic acids is 1. The number of hydrogen-bond donors (Lipinski definition) is 2. The lowest BCUT2D eigenvalue weighted by Gasteiger charge is -2.42. The van der Waals surface area contributed by atoms with E-state index >= 15 is 0 Å². The van der Waals surface area contributed by atoms with E-state index in [4.69, 9.17) is 26.2 Å². The number of aldehydes is 1. The summed E-state index contributed by atoms with van der Waals surface area (Å²) in [5, 5.41) is 19.3. The monoisotopic (exact) mass is 541 g/mol. The van der Waals surface area contributed by atoms with Crippen LogP contribution in [0.3, 0.4) is 0 Å². The standard InChI is InChI=1S/C29H26ClF2NO5/c30-24-6-18(37-12-15-8-29(36,9-15)14-35)1-2-19(24)20-4-17(25(31)7-26(20)32)13-38-27-5-16-3-21-23(11-34)28(21)22(16)10-33-27/h1-2,4-7,10-11,15,21,23,28,35-36H,3,8-9,12-14H2. The number of aliphatic hydroxyl groups is 2. The summed E-state index contributed by atoms with van der Waals surface area (Å²) in [6.07, 6.45) is 4.47. The van der Waals surface area contributed by atoms with Crippen LogP contribution >= 0.6 is 11.6 Å². The van der Waals surface area contributed by atoms with Crippen LogP contribution in [0.25, 0.3) is 11.1 Å². The van der Waals surface area contributed by atoms with Gasteiger partial charge in [0.2, 0.25) is 5.88 Å². The van der Waals surface area contributed by atoms with Crippen molar-refractivity contribution in [1.29, 1.82) is 0 Å². The zero-order chi connectivity index (χ0) is 26.6. The van der Waals surface area contributed by atoms with Gasteiger partial charge in [-0.3, -0.25) is 0 Å². The van der Waals surface area contributed by atoms with Crippen LogP contribution in [0.15, 0.2) is 42.6 Å². The van der Waals surface area contributed by atoms with Crippen molar-refractivity contribution in [1.82, 2.24) is 4.98 Å². The van der Waals surface area contributed by atoms with E-state index in [1.54, 1.807) is 24.4 Å². The van der Waals surface area contributed by atoms with Crippen molar-refractivity contribution in [2.75, 3.05) is 13.2 Å². The van der Waals surface area contributed by atoms with Crippen LogP contribution in [0, 0.1) is 29.4 Å². The molecule has 198 valence electrons. The van der Waals surface area contributed by atoms with E-state index in [2.05, 4.69) is 4.98 Å². The molecule has 6 rings (SSSR count). The van der Waals surface area contributed by atoms with Gasteiger partial charge < -0.3 is 24.5 Å². The minimum atomic E-state index is -1.02. The van der Waals surface area contributed by atoms with Gasteiger partial charge in [-0.25, -0.2) is 13.8 Å². The number of hydrogen-bond acceptors (Lipinski definition) is 6. The fraction of sp³-hybridized carbons (Fsp3) is 0.379. The molecule has 3 atom stereocenters. The molecule has 3 unspecified atom stereocenters. The molecule has 1 heterocycles. The Hall–Kier alpha value is -3.07. The van der Waals surface area contributed by atoms with Gasteiger partial charge in [-0.15, -0.1) is 0 Å². The quantitative estimate of drug-likeness (QED) is 0.376. The number of aliphatic hydroxyl groups excluding tert-OH is 1. The Morgan fingerprint density at radius 1 is 1.11 bits per heavy atom. The number of nitrogens with zero attached hydrogens (tertiary/aromatic N) is 1. The lowest BCUT2D eigenvalue weighted by molar-refractivity contribution is -0.115. The Bertz CT molecular complexity index is 1410. The second kappa shape index (κ2) is 9.59. The number of halogens is 3. The lowest BCUT2D eigenvalue weighted by atomic mass is 9.72. The number of carbonyl (C=O) groups is 1. The van der Waals surface area contributed by atoms with Crippen molar-refractivity contribution in [3.63, 3.8) is 0 Å². The number of ether oxygens (including phenoxy) is 2. The second-order valence-electron chi connectivity index (χ2n) is 10.7. The molecule has 38 heavy (non-hydrogen) atoms. The minimum absolute atomic E-state index is 0.0893. The average Bonchev–Trinajstić information content (AvgIpc) is 3.44. The van der Waals surface area contributed by atoms with E-state index in [9.17, 15) is 18.7 Å². The Labute approximate surface area is 223 Å². The highest BCUT2D eigenvalue weighted by atomic mass is 35.5. The highest BCUT2D eigenvalue weighted by molar-refractivity contribution is 6.33. The van der Waals surface area contributed by atoms with Crippen molar-refractivity contribution in [3.8, 4) is 22.8 Å². The molecule has 0 bridgehead atoms. The minimum Gasteiger partial charge on any atom is -0.493 e. The van der Waals surface area contributed by atoms with Crippen molar-refractivity contribution in [3.05, 3.63) is 75.9 Å². The number of aromatic nitrogens is 1. The van der Waals surface area contributed by atoms with E-state index in [1.165, 1.54) is 6.07 Å². The summed E-state index contributed by atoms with van der Waals surface area (Å²) in [4.78, 5) is 15.4. The Morgan fingerprint density at radius 3 is 2.66 bits per heavy atom. The fourth-order valence-corrected chi connectivity index (χ4v) is 6.20. The molecule has 0 radical (unpaired) electrons. The summed E-state index contributed by atoms with van der Waals surface area (Å²) in [5.41, 5.74) is 1.83. The first kappa shape index (κ1) is 25.2. The SMILES string of the molecule is O=CC1C2Cc3cc(OCc4cc(-c5ccc(OCC6CC(O)(CO)C6)cc5Cl)c(F)cc4F)ncc3C12. The third-order valence-corrected chi connectivity index (χ3v) is 8.37. The maximum atomic E-state index is 14.8. The van der Waals surface area contributed by atoms with E-state index in [0.29, 0.717) is 42.6 Å². The Balaban J connectivity index is 1.13. The zero-order valence-corrected chi connectivity index (χ0v) is 21.1. The van der Waals surface area contributed by atoms with Gasteiger partial charge in [0.1, 0.15) is 30.3 Å². The first-order chi connectivity index (χ1) is 18.3. The van der Waals surface area contributed by atoms with Gasteiger partial charge in [0, 0.05) is 40.9 Å². The smallest absolute Gasteiger partial charge is 0.213 e. The Kier molecular flexibility index (Phi) is 6.37. The molecule has 1 aromatic heterocycles. The van der Waals surface area contributed by atoms with Crippen LogP contribution in [-0.2, 0) is 17.8 Å². The largest absolute Gasteiger partial charge is 0.493 e. The molecule has 9 heteroatoms. The predicted octanol–water partition coefficient (Wildman–Crippen LogP) is 4.86. The van der Waals surface area contributed by atoms with Gasteiger partial charge in [0.15, 0.2) is 0 Å².